The normalized spacial score (nSPS) is 17.7. The second kappa shape index (κ2) is 5.57. The van der Waals surface area contributed by atoms with Gasteiger partial charge in [0.05, 0.1) is 17.8 Å². The largest absolute Gasteiger partial charge is 0.488 e. The minimum atomic E-state index is -0.135. The van der Waals surface area contributed by atoms with Crippen LogP contribution in [0.3, 0.4) is 0 Å². The highest BCUT2D eigenvalue weighted by molar-refractivity contribution is 6.07. The standard InChI is InChI=1S/C18H19N3O2/c1-12(13-6-7-13)21-17(8-9-19-21)20-18(22)15-10-14-4-2-3-5-16(14)23-11-15/h2-5,8-10,12-13H,6-7,11H2,1H3,(H,20,22). The monoisotopic (exact) mass is 309 g/mol. The lowest BCUT2D eigenvalue weighted by Crippen LogP contribution is -2.23. The summed E-state index contributed by atoms with van der Waals surface area (Å²) in [6, 6.07) is 9.88. The third kappa shape index (κ3) is 2.74. The Morgan fingerprint density at radius 1 is 1.35 bits per heavy atom. The van der Waals surface area contributed by atoms with Gasteiger partial charge in [-0.15, -0.1) is 0 Å². The Kier molecular flexibility index (Phi) is 3.41. The van der Waals surface area contributed by atoms with Gasteiger partial charge >= 0.3 is 0 Å². The van der Waals surface area contributed by atoms with Crippen LogP contribution < -0.4 is 10.1 Å². The van der Waals surface area contributed by atoms with Crippen LogP contribution in [0.2, 0.25) is 0 Å². The summed E-state index contributed by atoms with van der Waals surface area (Å²) >= 11 is 0. The van der Waals surface area contributed by atoms with E-state index in [9.17, 15) is 4.79 Å². The number of hydrogen-bond acceptors (Lipinski definition) is 3. The van der Waals surface area contributed by atoms with E-state index in [4.69, 9.17) is 4.74 Å². The Morgan fingerprint density at radius 3 is 3.00 bits per heavy atom. The molecule has 0 bridgehead atoms. The molecule has 2 heterocycles. The molecular formula is C18H19N3O2. The molecule has 1 N–H and O–H groups in total. The van der Waals surface area contributed by atoms with Crippen LogP contribution in [-0.4, -0.2) is 22.3 Å². The summed E-state index contributed by atoms with van der Waals surface area (Å²) in [6.07, 6.45) is 6.10. The van der Waals surface area contributed by atoms with Crippen LogP contribution in [0.5, 0.6) is 5.75 Å². The van der Waals surface area contributed by atoms with Gasteiger partial charge in [0.1, 0.15) is 18.2 Å². The SMILES string of the molecule is CC(C1CC1)n1nccc1NC(=O)C1=Cc2ccccc2OC1. The number of carbonyl (C=O) groups excluding carboxylic acids is 1. The number of ether oxygens (including phenoxy) is 1. The van der Waals surface area contributed by atoms with E-state index in [-0.39, 0.29) is 12.5 Å². The van der Waals surface area contributed by atoms with Crippen molar-refractivity contribution in [1.82, 2.24) is 9.78 Å². The van der Waals surface area contributed by atoms with Crippen LogP contribution in [0.1, 0.15) is 31.4 Å². The van der Waals surface area contributed by atoms with Crippen molar-refractivity contribution in [2.75, 3.05) is 11.9 Å². The molecule has 1 amide bonds. The smallest absolute Gasteiger partial charge is 0.256 e. The summed E-state index contributed by atoms with van der Waals surface area (Å²) in [7, 11) is 0. The van der Waals surface area contributed by atoms with Crippen molar-refractivity contribution in [2.24, 2.45) is 5.92 Å². The summed E-state index contributed by atoms with van der Waals surface area (Å²) in [5.74, 6) is 2.10. The van der Waals surface area contributed by atoms with Crippen molar-refractivity contribution in [2.45, 2.75) is 25.8 Å². The maximum Gasteiger partial charge on any atom is 0.256 e. The molecule has 0 radical (unpaired) electrons. The lowest BCUT2D eigenvalue weighted by molar-refractivity contribution is -0.113. The lowest BCUT2D eigenvalue weighted by Gasteiger charge is -2.19. The maximum absolute atomic E-state index is 12.5. The average Bonchev–Trinajstić information content (AvgIpc) is 3.33. The quantitative estimate of drug-likeness (QED) is 0.943. The molecule has 1 aromatic carbocycles. The number of benzene rings is 1. The van der Waals surface area contributed by atoms with Gasteiger partial charge in [-0.2, -0.15) is 5.10 Å². The van der Waals surface area contributed by atoms with Gasteiger partial charge in [-0.05, 0) is 37.8 Å². The Morgan fingerprint density at radius 2 is 2.17 bits per heavy atom. The van der Waals surface area contributed by atoms with E-state index < -0.39 is 0 Å². The van der Waals surface area contributed by atoms with Gasteiger partial charge in [0.2, 0.25) is 0 Å². The van der Waals surface area contributed by atoms with Crippen molar-refractivity contribution in [1.29, 1.82) is 0 Å². The fourth-order valence-corrected chi connectivity index (χ4v) is 2.96. The highest BCUT2D eigenvalue weighted by atomic mass is 16.5. The zero-order valence-corrected chi connectivity index (χ0v) is 13.0. The first-order valence-electron chi connectivity index (χ1n) is 7.99. The average molecular weight is 309 g/mol. The molecule has 1 fully saturated rings. The zero-order valence-electron chi connectivity index (χ0n) is 13.0. The number of amides is 1. The summed E-state index contributed by atoms with van der Waals surface area (Å²) in [6.45, 7) is 2.44. The topological polar surface area (TPSA) is 56.2 Å². The van der Waals surface area contributed by atoms with Crippen LogP contribution in [0, 0.1) is 5.92 Å². The molecule has 1 saturated carbocycles. The van der Waals surface area contributed by atoms with Gasteiger partial charge in [-0.3, -0.25) is 4.79 Å². The summed E-state index contributed by atoms with van der Waals surface area (Å²) in [4.78, 5) is 12.5. The van der Waals surface area contributed by atoms with E-state index in [2.05, 4.69) is 17.3 Å². The van der Waals surface area contributed by atoms with Crippen molar-refractivity contribution in [3.8, 4) is 5.75 Å². The third-order valence-electron chi connectivity index (χ3n) is 4.53. The fourth-order valence-electron chi connectivity index (χ4n) is 2.96. The second-order valence-corrected chi connectivity index (χ2v) is 6.19. The molecule has 0 saturated heterocycles. The maximum atomic E-state index is 12.5. The Labute approximate surface area is 135 Å². The zero-order chi connectivity index (χ0) is 15.8. The predicted molar refractivity (Wildman–Crippen MR) is 88.2 cm³/mol. The molecule has 2 aliphatic rings. The fraction of sp³-hybridized carbons (Fsp3) is 0.333. The summed E-state index contributed by atoms with van der Waals surface area (Å²) in [5, 5.41) is 7.33. The Hall–Kier alpha value is -2.56. The molecule has 0 spiro atoms. The molecule has 5 heteroatoms. The molecule has 118 valence electrons. The van der Waals surface area contributed by atoms with Crippen molar-refractivity contribution in [3.63, 3.8) is 0 Å². The Balaban J connectivity index is 1.53. The first-order chi connectivity index (χ1) is 11.2. The van der Waals surface area contributed by atoms with Gasteiger partial charge in [0, 0.05) is 11.6 Å². The van der Waals surface area contributed by atoms with Crippen LogP contribution in [0.25, 0.3) is 6.08 Å². The van der Waals surface area contributed by atoms with Gasteiger partial charge in [0.25, 0.3) is 5.91 Å². The first-order valence-corrected chi connectivity index (χ1v) is 7.99. The number of para-hydroxylation sites is 1. The van der Waals surface area contributed by atoms with E-state index in [1.807, 2.05) is 41.1 Å². The van der Waals surface area contributed by atoms with Gasteiger partial charge in [-0.25, -0.2) is 4.68 Å². The molecule has 1 unspecified atom stereocenters. The molecule has 5 nitrogen and oxygen atoms in total. The second-order valence-electron chi connectivity index (χ2n) is 6.19. The summed E-state index contributed by atoms with van der Waals surface area (Å²) < 4.78 is 7.56. The number of hydrogen-bond donors (Lipinski definition) is 1. The van der Waals surface area contributed by atoms with Crippen molar-refractivity contribution in [3.05, 3.63) is 47.7 Å². The first kappa shape index (κ1) is 14.1. The van der Waals surface area contributed by atoms with Crippen molar-refractivity contribution >= 4 is 17.8 Å². The molecule has 1 aliphatic carbocycles. The number of carbonyl (C=O) groups is 1. The van der Waals surface area contributed by atoms with E-state index in [1.54, 1.807) is 6.20 Å². The van der Waals surface area contributed by atoms with Gasteiger partial charge in [0.15, 0.2) is 0 Å². The summed E-state index contributed by atoms with van der Waals surface area (Å²) in [5.41, 5.74) is 1.55. The van der Waals surface area contributed by atoms with Crippen molar-refractivity contribution < 1.29 is 9.53 Å². The predicted octanol–water partition coefficient (Wildman–Crippen LogP) is 3.27. The highest BCUT2D eigenvalue weighted by Gasteiger charge is 2.31. The number of aromatic nitrogens is 2. The molecule has 4 rings (SSSR count). The number of rotatable bonds is 4. The molecule has 1 aliphatic heterocycles. The van der Waals surface area contributed by atoms with Crippen LogP contribution in [0.15, 0.2) is 42.1 Å². The molecule has 1 aromatic heterocycles. The van der Waals surface area contributed by atoms with E-state index in [0.717, 1.165) is 17.1 Å². The number of anilines is 1. The number of nitrogens with one attached hydrogen (secondary N) is 1. The van der Waals surface area contributed by atoms with Crippen LogP contribution in [-0.2, 0) is 4.79 Å². The third-order valence-corrected chi connectivity index (χ3v) is 4.53. The van der Waals surface area contributed by atoms with Gasteiger partial charge < -0.3 is 10.1 Å². The highest BCUT2D eigenvalue weighted by Crippen LogP contribution is 2.40. The molecular weight excluding hydrogens is 290 g/mol. The Bertz CT molecular complexity index is 774. The van der Waals surface area contributed by atoms with E-state index in [0.29, 0.717) is 17.5 Å². The number of fused-ring (bicyclic) bond motifs is 1. The lowest BCUT2D eigenvalue weighted by atomic mass is 10.1. The van der Waals surface area contributed by atoms with Crippen LogP contribution >= 0.6 is 0 Å². The van der Waals surface area contributed by atoms with Crippen LogP contribution in [0.4, 0.5) is 5.82 Å². The van der Waals surface area contributed by atoms with E-state index >= 15 is 0 Å². The number of nitrogens with zero attached hydrogens (tertiary/aromatic N) is 2. The molecule has 23 heavy (non-hydrogen) atoms. The molecule has 1 atom stereocenters. The molecule has 2 aromatic rings. The minimum Gasteiger partial charge on any atom is -0.488 e. The van der Waals surface area contributed by atoms with E-state index in [1.165, 1.54) is 12.8 Å². The van der Waals surface area contributed by atoms with Gasteiger partial charge in [-0.1, -0.05) is 18.2 Å². The minimum absolute atomic E-state index is 0.135.